The van der Waals surface area contributed by atoms with Gasteiger partial charge in [-0.15, -0.1) is 0 Å². The van der Waals surface area contributed by atoms with Crippen molar-refractivity contribution in [3.63, 3.8) is 0 Å². The predicted molar refractivity (Wildman–Crippen MR) is 65.1 cm³/mol. The monoisotopic (exact) mass is 220 g/mol. The van der Waals surface area contributed by atoms with Crippen LogP contribution in [-0.4, -0.2) is 31.3 Å². The molecule has 0 aromatic heterocycles. The molecule has 0 radical (unpaired) electrons. The Bertz CT molecular complexity index is 346. The maximum absolute atomic E-state index is 5.31. The van der Waals surface area contributed by atoms with Crippen molar-refractivity contribution in [3.8, 4) is 0 Å². The van der Waals surface area contributed by atoms with Crippen molar-refractivity contribution in [2.24, 2.45) is 0 Å². The van der Waals surface area contributed by atoms with Gasteiger partial charge in [-0.3, -0.25) is 5.43 Å². The first-order valence-electron chi connectivity index (χ1n) is 5.88. The number of morpholine rings is 1. The maximum Gasteiger partial charge on any atom is 0.0608 e. The van der Waals surface area contributed by atoms with Crippen LogP contribution in [-0.2, 0) is 11.3 Å². The molecule has 1 aromatic rings. The molecule has 1 fully saturated rings. The summed E-state index contributed by atoms with van der Waals surface area (Å²) in [5, 5.41) is 2.24. The second-order valence-corrected chi connectivity index (χ2v) is 4.29. The van der Waals surface area contributed by atoms with Crippen LogP contribution in [0.5, 0.6) is 0 Å². The highest BCUT2D eigenvalue weighted by molar-refractivity contribution is 5.32. The molecule has 0 aliphatic carbocycles. The molecule has 88 valence electrons. The summed E-state index contributed by atoms with van der Waals surface area (Å²) in [6.45, 7) is 8.88. The van der Waals surface area contributed by atoms with Gasteiger partial charge >= 0.3 is 0 Å². The van der Waals surface area contributed by atoms with Crippen LogP contribution in [0.3, 0.4) is 0 Å². The smallest absolute Gasteiger partial charge is 0.0608 e. The molecule has 2 rings (SSSR count). The summed E-state index contributed by atoms with van der Waals surface area (Å²) in [5.74, 6) is 0. The van der Waals surface area contributed by atoms with E-state index >= 15 is 0 Å². The van der Waals surface area contributed by atoms with Gasteiger partial charge in [0.1, 0.15) is 0 Å². The van der Waals surface area contributed by atoms with Crippen molar-refractivity contribution < 1.29 is 4.74 Å². The molecule has 3 nitrogen and oxygen atoms in total. The number of nitrogens with one attached hydrogen (secondary N) is 1. The van der Waals surface area contributed by atoms with Gasteiger partial charge in [0.25, 0.3) is 0 Å². The summed E-state index contributed by atoms with van der Waals surface area (Å²) in [4.78, 5) is 0. The molecule has 0 spiro atoms. The lowest BCUT2D eigenvalue weighted by Crippen LogP contribution is -2.45. The van der Waals surface area contributed by atoms with Gasteiger partial charge in [0, 0.05) is 19.6 Å². The number of ether oxygens (including phenoxy) is 1. The Kier molecular flexibility index (Phi) is 3.93. The van der Waals surface area contributed by atoms with Crippen LogP contribution in [0, 0.1) is 13.8 Å². The van der Waals surface area contributed by atoms with E-state index in [1.165, 1.54) is 16.7 Å². The minimum Gasteiger partial charge on any atom is -0.379 e. The highest BCUT2D eigenvalue weighted by Crippen LogP contribution is 2.12. The van der Waals surface area contributed by atoms with Crippen molar-refractivity contribution in [2.75, 3.05) is 26.3 Å². The topological polar surface area (TPSA) is 24.5 Å². The minimum atomic E-state index is 0.833. The van der Waals surface area contributed by atoms with E-state index in [9.17, 15) is 0 Å². The molecule has 1 aromatic carbocycles. The van der Waals surface area contributed by atoms with Crippen molar-refractivity contribution in [2.45, 2.75) is 20.4 Å². The van der Waals surface area contributed by atoms with E-state index in [4.69, 9.17) is 4.74 Å². The average Bonchev–Trinajstić information content (AvgIpc) is 2.32. The zero-order valence-electron chi connectivity index (χ0n) is 10.1. The molecule has 3 heteroatoms. The van der Waals surface area contributed by atoms with Crippen LogP contribution in [0.4, 0.5) is 0 Å². The third kappa shape index (κ3) is 2.82. The first kappa shape index (κ1) is 11.6. The van der Waals surface area contributed by atoms with Crippen molar-refractivity contribution in [1.29, 1.82) is 0 Å². The number of rotatable bonds is 3. The number of hydrogen-bond acceptors (Lipinski definition) is 3. The number of aryl methyl sites for hydroxylation is 1. The zero-order chi connectivity index (χ0) is 11.4. The van der Waals surface area contributed by atoms with Gasteiger partial charge in [-0.2, -0.15) is 0 Å². The Morgan fingerprint density at radius 3 is 2.75 bits per heavy atom. The van der Waals surface area contributed by atoms with Crippen LogP contribution in [0.2, 0.25) is 0 Å². The Hall–Kier alpha value is -0.900. The van der Waals surface area contributed by atoms with E-state index in [-0.39, 0.29) is 0 Å². The molecule has 0 atom stereocenters. The van der Waals surface area contributed by atoms with Crippen LogP contribution in [0.25, 0.3) is 0 Å². The second-order valence-electron chi connectivity index (χ2n) is 4.29. The van der Waals surface area contributed by atoms with E-state index in [0.29, 0.717) is 0 Å². The molecular formula is C13H20N2O. The van der Waals surface area contributed by atoms with Gasteiger partial charge in [0.2, 0.25) is 0 Å². The summed E-state index contributed by atoms with van der Waals surface area (Å²) >= 11 is 0. The quantitative estimate of drug-likeness (QED) is 0.838. The molecule has 1 N–H and O–H groups in total. The third-order valence-corrected chi connectivity index (χ3v) is 3.22. The Morgan fingerprint density at radius 2 is 2.00 bits per heavy atom. The summed E-state index contributed by atoms with van der Waals surface area (Å²) in [7, 11) is 0. The lowest BCUT2D eigenvalue weighted by Gasteiger charge is -2.27. The Balaban J connectivity index is 1.91. The van der Waals surface area contributed by atoms with Crippen molar-refractivity contribution in [1.82, 2.24) is 10.4 Å². The second kappa shape index (κ2) is 5.43. The molecule has 1 heterocycles. The first-order valence-corrected chi connectivity index (χ1v) is 5.88. The van der Waals surface area contributed by atoms with Gasteiger partial charge in [-0.05, 0) is 30.5 Å². The number of benzene rings is 1. The van der Waals surface area contributed by atoms with E-state index < -0.39 is 0 Å². The molecule has 1 aliphatic heterocycles. The fourth-order valence-corrected chi connectivity index (χ4v) is 1.92. The summed E-state index contributed by atoms with van der Waals surface area (Å²) in [6, 6.07) is 6.47. The summed E-state index contributed by atoms with van der Waals surface area (Å²) in [5.41, 5.74) is 7.59. The highest BCUT2D eigenvalue weighted by atomic mass is 16.5. The van der Waals surface area contributed by atoms with Gasteiger partial charge in [-0.1, -0.05) is 18.2 Å². The molecule has 0 unspecified atom stereocenters. The molecule has 1 saturated heterocycles. The standard InChI is InChI=1S/C13H20N2O/c1-11-4-3-5-13(12(11)2)10-14-15-6-8-16-9-7-15/h3-5,14H,6-10H2,1-2H3. The van der Waals surface area contributed by atoms with Gasteiger partial charge in [0.15, 0.2) is 0 Å². The lowest BCUT2D eigenvalue weighted by atomic mass is 10.0. The lowest BCUT2D eigenvalue weighted by molar-refractivity contribution is 0.0105. The van der Waals surface area contributed by atoms with Crippen molar-refractivity contribution >= 4 is 0 Å². The normalized spacial score (nSPS) is 17.6. The molecule has 1 aliphatic rings. The van der Waals surface area contributed by atoms with Crippen LogP contribution in [0.15, 0.2) is 18.2 Å². The van der Waals surface area contributed by atoms with Crippen LogP contribution in [0.1, 0.15) is 16.7 Å². The molecule has 0 saturated carbocycles. The number of nitrogens with zero attached hydrogens (tertiary/aromatic N) is 1. The predicted octanol–water partition coefficient (Wildman–Crippen LogP) is 1.64. The average molecular weight is 220 g/mol. The van der Waals surface area contributed by atoms with Crippen LogP contribution >= 0.6 is 0 Å². The molecule has 16 heavy (non-hydrogen) atoms. The van der Waals surface area contributed by atoms with E-state index in [1.54, 1.807) is 0 Å². The number of hydrazine groups is 1. The van der Waals surface area contributed by atoms with Crippen molar-refractivity contribution in [3.05, 3.63) is 34.9 Å². The Labute approximate surface area is 97.4 Å². The van der Waals surface area contributed by atoms with E-state index in [0.717, 1.165) is 32.8 Å². The minimum absolute atomic E-state index is 0.833. The van der Waals surface area contributed by atoms with Gasteiger partial charge in [-0.25, -0.2) is 5.01 Å². The highest BCUT2D eigenvalue weighted by Gasteiger charge is 2.09. The molecule has 0 bridgehead atoms. The molecular weight excluding hydrogens is 200 g/mol. The van der Waals surface area contributed by atoms with E-state index in [1.807, 2.05) is 0 Å². The summed E-state index contributed by atoms with van der Waals surface area (Å²) < 4.78 is 5.31. The Morgan fingerprint density at radius 1 is 1.25 bits per heavy atom. The fraction of sp³-hybridized carbons (Fsp3) is 0.538. The number of hydrogen-bond donors (Lipinski definition) is 1. The van der Waals surface area contributed by atoms with Crippen LogP contribution < -0.4 is 5.43 Å². The maximum atomic E-state index is 5.31. The van der Waals surface area contributed by atoms with E-state index in [2.05, 4.69) is 42.5 Å². The third-order valence-electron chi connectivity index (χ3n) is 3.22. The largest absolute Gasteiger partial charge is 0.379 e. The van der Waals surface area contributed by atoms with Gasteiger partial charge < -0.3 is 4.74 Å². The zero-order valence-corrected chi connectivity index (χ0v) is 10.1. The first-order chi connectivity index (χ1) is 7.77. The summed E-state index contributed by atoms with van der Waals surface area (Å²) in [6.07, 6.45) is 0. The fourth-order valence-electron chi connectivity index (χ4n) is 1.92. The molecule has 0 amide bonds. The van der Waals surface area contributed by atoms with Gasteiger partial charge in [0.05, 0.1) is 13.2 Å². The SMILES string of the molecule is Cc1cccc(CNN2CCOCC2)c1C.